The largest absolute Gasteiger partial charge is 0.389 e. The second-order valence-corrected chi connectivity index (χ2v) is 7.50. The van der Waals surface area contributed by atoms with Crippen LogP contribution < -0.4 is 0 Å². The van der Waals surface area contributed by atoms with Crippen LogP contribution in [0.3, 0.4) is 0 Å². The summed E-state index contributed by atoms with van der Waals surface area (Å²) in [5.74, 6) is 0.0571. The summed E-state index contributed by atoms with van der Waals surface area (Å²) in [5, 5.41) is 10.5. The summed E-state index contributed by atoms with van der Waals surface area (Å²) in [5.41, 5.74) is 0.975. The van der Waals surface area contributed by atoms with E-state index in [2.05, 4.69) is 0 Å². The number of carbonyl (C=O) groups excluding carboxylic acids is 2. The van der Waals surface area contributed by atoms with Crippen molar-refractivity contribution in [2.45, 2.75) is 51.0 Å². The van der Waals surface area contributed by atoms with Crippen LogP contribution in [0.2, 0.25) is 0 Å². The van der Waals surface area contributed by atoms with Crippen LogP contribution in [0.1, 0.15) is 54.4 Å². The van der Waals surface area contributed by atoms with Crippen molar-refractivity contribution in [3.05, 3.63) is 35.4 Å². The van der Waals surface area contributed by atoms with E-state index in [9.17, 15) is 14.7 Å². The van der Waals surface area contributed by atoms with Crippen molar-refractivity contribution in [1.29, 1.82) is 0 Å². The molecule has 3 rings (SSSR count). The number of carbonyl (C=O) groups is 2. The van der Waals surface area contributed by atoms with Crippen LogP contribution in [0.25, 0.3) is 0 Å². The van der Waals surface area contributed by atoms with Gasteiger partial charge in [0.25, 0.3) is 5.91 Å². The molecule has 1 aromatic carbocycles. The number of aliphatic hydroxyl groups is 1. The third-order valence-corrected chi connectivity index (χ3v) is 5.42. The number of hydrogen-bond donors (Lipinski definition) is 1. The Labute approximate surface area is 149 Å². The molecule has 2 fully saturated rings. The van der Waals surface area contributed by atoms with Crippen molar-refractivity contribution >= 4 is 11.8 Å². The van der Waals surface area contributed by atoms with Crippen LogP contribution >= 0.6 is 0 Å². The third kappa shape index (κ3) is 4.40. The monoisotopic (exact) mass is 344 g/mol. The van der Waals surface area contributed by atoms with Gasteiger partial charge >= 0.3 is 0 Å². The Morgan fingerprint density at radius 2 is 1.72 bits per heavy atom. The Hall–Kier alpha value is -1.88. The highest BCUT2D eigenvalue weighted by Crippen LogP contribution is 2.32. The molecule has 136 valence electrons. The number of benzene rings is 1. The summed E-state index contributed by atoms with van der Waals surface area (Å²) in [7, 11) is 0. The van der Waals surface area contributed by atoms with Gasteiger partial charge in [0, 0.05) is 31.7 Å². The highest BCUT2D eigenvalue weighted by atomic mass is 16.3. The number of amides is 2. The van der Waals surface area contributed by atoms with Gasteiger partial charge in [-0.3, -0.25) is 9.59 Å². The summed E-state index contributed by atoms with van der Waals surface area (Å²) >= 11 is 0. The molecule has 0 unspecified atom stereocenters. The van der Waals surface area contributed by atoms with E-state index < -0.39 is 5.60 Å². The molecule has 1 saturated carbocycles. The van der Waals surface area contributed by atoms with E-state index in [0.717, 1.165) is 37.7 Å². The number of rotatable bonds is 3. The maximum Gasteiger partial charge on any atom is 0.253 e. The molecule has 0 radical (unpaired) electrons. The molecule has 0 atom stereocenters. The lowest BCUT2D eigenvalue weighted by atomic mass is 9.97. The van der Waals surface area contributed by atoms with Crippen molar-refractivity contribution in [2.75, 3.05) is 26.2 Å². The number of nitrogens with zero attached hydrogens (tertiary/aromatic N) is 2. The minimum atomic E-state index is -0.805. The molecule has 1 aliphatic carbocycles. The zero-order valence-electron chi connectivity index (χ0n) is 15.0. The van der Waals surface area contributed by atoms with E-state index in [-0.39, 0.29) is 18.2 Å². The standard InChI is InChI=1S/C20H28N2O3/c1-16-6-4-7-17(14-16)19(24)22-11-5-10-21(12-13-22)18(23)15-20(25)8-2-3-9-20/h4,6-7,14,25H,2-3,5,8-13,15H2,1H3. The summed E-state index contributed by atoms with van der Waals surface area (Å²) in [6.45, 7) is 4.41. The first-order valence-electron chi connectivity index (χ1n) is 9.33. The molecular formula is C20H28N2O3. The highest BCUT2D eigenvalue weighted by molar-refractivity contribution is 5.94. The van der Waals surface area contributed by atoms with Gasteiger partial charge in [-0.25, -0.2) is 0 Å². The Balaban J connectivity index is 1.58. The fourth-order valence-electron chi connectivity index (χ4n) is 3.93. The van der Waals surface area contributed by atoms with Crippen molar-refractivity contribution < 1.29 is 14.7 Å². The average Bonchev–Trinajstić information content (AvgIpc) is 2.86. The van der Waals surface area contributed by atoms with Crippen molar-refractivity contribution in [1.82, 2.24) is 9.80 Å². The first kappa shape index (κ1) is 17.9. The molecule has 1 heterocycles. The van der Waals surface area contributed by atoms with E-state index in [1.165, 1.54) is 0 Å². The van der Waals surface area contributed by atoms with E-state index in [1.54, 1.807) is 0 Å². The maximum atomic E-state index is 12.7. The van der Waals surface area contributed by atoms with Gasteiger partial charge in [-0.2, -0.15) is 0 Å². The molecule has 5 heteroatoms. The summed E-state index contributed by atoms with van der Waals surface area (Å²) in [6, 6.07) is 7.64. The summed E-state index contributed by atoms with van der Waals surface area (Å²) < 4.78 is 0. The molecule has 1 aromatic rings. The van der Waals surface area contributed by atoms with E-state index in [0.29, 0.717) is 31.7 Å². The van der Waals surface area contributed by atoms with Gasteiger partial charge in [0.1, 0.15) is 0 Å². The van der Waals surface area contributed by atoms with Gasteiger partial charge in [-0.1, -0.05) is 30.5 Å². The fourth-order valence-corrected chi connectivity index (χ4v) is 3.93. The molecule has 25 heavy (non-hydrogen) atoms. The van der Waals surface area contributed by atoms with Gasteiger partial charge in [-0.05, 0) is 38.3 Å². The predicted octanol–water partition coefficient (Wildman–Crippen LogP) is 2.36. The summed E-state index contributed by atoms with van der Waals surface area (Å²) in [4.78, 5) is 28.9. The van der Waals surface area contributed by atoms with Gasteiger partial charge in [-0.15, -0.1) is 0 Å². The lowest BCUT2D eigenvalue weighted by Crippen LogP contribution is -2.40. The predicted molar refractivity (Wildman–Crippen MR) is 96.3 cm³/mol. The Morgan fingerprint density at radius 3 is 2.44 bits per heavy atom. The molecule has 1 aliphatic heterocycles. The molecule has 0 bridgehead atoms. The number of aryl methyl sites for hydroxylation is 1. The first-order valence-corrected chi connectivity index (χ1v) is 9.33. The number of hydrogen-bond acceptors (Lipinski definition) is 3. The normalized spacial score (nSPS) is 20.4. The molecule has 2 amide bonds. The minimum absolute atomic E-state index is 0.0225. The molecule has 5 nitrogen and oxygen atoms in total. The van der Waals surface area contributed by atoms with Gasteiger partial charge < -0.3 is 14.9 Å². The van der Waals surface area contributed by atoms with Gasteiger partial charge in [0.15, 0.2) is 0 Å². The summed E-state index contributed by atoms with van der Waals surface area (Å²) in [6.07, 6.45) is 4.46. The molecule has 0 aromatic heterocycles. The van der Waals surface area contributed by atoms with E-state index in [1.807, 2.05) is 41.0 Å². The van der Waals surface area contributed by atoms with Crippen LogP contribution in [0.15, 0.2) is 24.3 Å². The lowest BCUT2D eigenvalue weighted by molar-refractivity contribution is -0.136. The maximum absolute atomic E-state index is 12.7. The van der Waals surface area contributed by atoms with Crippen LogP contribution in [0.5, 0.6) is 0 Å². The van der Waals surface area contributed by atoms with Gasteiger partial charge in [0.2, 0.25) is 5.91 Å². The SMILES string of the molecule is Cc1cccc(C(=O)N2CCCN(C(=O)CC3(O)CCCC3)CC2)c1. The third-order valence-electron chi connectivity index (χ3n) is 5.42. The second-order valence-electron chi connectivity index (χ2n) is 7.50. The quantitative estimate of drug-likeness (QED) is 0.916. The fraction of sp³-hybridized carbons (Fsp3) is 0.600. The van der Waals surface area contributed by atoms with Crippen molar-refractivity contribution in [3.8, 4) is 0 Å². The average molecular weight is 344 g/mol. The van der Waals surface area contributed by atoms with Crippen LogP contribution in [0.4, 0.5) is 0 Å². The van der Waals surface area contributed by atoms with Gasteiger partial charge in [0.05, 0.1) is 12.0 Å². The van der Waals surface area contributed by atoms with E-state index in [4.69, 9.17) is 0 Å². The van der Waals surface area contributed by atoms with Crippen LogP contribution in [-0.2, 0) is 4.79 Å². The van der Waals surface area contributed by atoms with Crippen LogP contribution in [0, 0.1) is 6.92 Å². The zero-order valence-corrected chi connectivity index (χ0v) is 15.0. The Morgan fingerprint density at radius 1 is 1.04 bits per heavy atom. The van der Waals surface area contributed by atoms with Crippen LogP contribution in [-0.4, -0.2) is 58.5 Å². The van der Waals surface area contributed by atoms with E-state index >= 15 is 0 Å². The molecule has 1 saturated heterocycles. The highest BCUT2D eigenvalue weighted by Gasteiger charge is 2.35. The Bertz CT molecular complexity index is 638. The topological polar surface area (TPSA) is 60.9 Å². The molecule has 0 spiro atoms. The Kier molecular flexibility index (Phi) is 5.42. The molecule has 2 aliphatic rings. The van der Waals surface area contributed by atoms with Crippen molar-refractivity contribution in [2.24, 2.45) is 0 Å². The van der Waals surface area contributed by atoms with Crippen molar-refractivity contribution in [3.63, 3.8) is 0 Å². The molecular weight excluding hydrogens is 316 g/mol. The first-order chi connectivity index (χ1) is 12.0. The lowest BCUT2D eigenvalue weighted by Gasteiger charge is -2.27. The zero-order chi connectivity index (χ0) is 17.9. The smallest absolute Gasteiger partial charge is 0.253 e. The minimum Gasteiger partial charge on any atom is -0.389 e. The molecule has 1 N–H and O–H groups in total. The second kappa shape index (κ2) is 7.56.